The van der Waals surface area contributed by atoms with E-state index in [1.54, 1.807) is 0 Å². The van der Waals surface area contributed by atoms with Crippen LogP contribution in [0.3, 0.4) is 0 Å². The Labute approximate surface area is 101 Å². The van der Waals surface area contributed by atoms with Gasteiger partial charge in [-0.3, -0.25) is 0 Å². The van der Waals surface area contributed by atoms with Crippen molar-refractivity contribution in [1.29, 1.82) is 0 Å². The second kappa shape index (κ2) is 7.29. The molecule has 0 aliphatic heterocycles. The van der Waals surface area contributed by atoms with Gasteiger partial charge in [0.15, 0.2) is 0 Å². The van der Waals surface area contributed by atoms with Crippen LogP contribution in [-0.2, 0) is 4.74 Å². The molecule has 0 saturated heterocycles. The summed E-state index contributed by atoms with van der Waals surface area (Å²) in [4.78, 5) is 0. The van der Waals surface area contributed by atoms with Gasteiger partial charge >= 0.3 is 0 Å². The van der Waals surface area contributed by atoms with E-state index in [1.807, 2.05) is 0 Å². The molecule has 2 unspecified atom stereocenters. The van der Waals surface area contributed by atoms with Crippen molar-refractivity contribution in [3.63, 3.8) is 0 Å². The summed E-state index contributed by atoms with van der Waals surface area (Å²) < 4.78 is 5.95. The van der Waals surface area contributed by atoms with Gasteiger partial charge in [-0.25, -0.2) is 0 Å². The van der Waals surface area contributed by atoms with Gasteiger partial charge < -0.3 is 10.1 Å². The van der Waals surface area contributed by atoms with Crippen molar-refractivity contribution in [2.45, 2.75) is 65.0 Å². The lowest BCUT2D eigenvalue weighted by molar-refractivity contribution is -0.0146. The first-order valence-corrected chi connectivity index (χ1v) is 6.99. The summed E-state index contributed by atoms with van der Waals surface area (Å²) in [5.41, 5.74) is 0. The zero-order valence-electron chi connectivity index (χ0n) is 11.5. The van der Waals surface area contributed by atoms with E-state index in [9.17, 15) is 0 Å². The lowest BCUT2D eigenvalue weighted by atomic mass is 9.79. The van der Waals surface area contributed by atoms with Crippen LogP contribution in [0.4, 0.5) is 0 Å². The highest BCUT2D eigenvalue weighted by Crippen LogP contribution is 2.30. The smallest absolute Gasteiger partial charge is 0.0753 e. The van der Waals surface area contributed by atoms with Crippen LogP contribution in [0.1, 0.15) is 52.9 Å². The summed E-state index contributed by atoms with van der Waals surface area (Å²) in [7, 11) is 2.09. The van der Waals surface area contributed by atoms with Gasteiger partial charge in [0.1, 0.15) is 0 Å². The Kier molecular flexibility index (Phi) is 6.37. The van der Waals surface area contributed by atoms with E-state index in [-0.39, 0.29) is 0 Å². The van der Waals surface area contributed by atoms with Crippen molar-refractivity contribution in [2.75, 3.05) is 13.7 Å². The largest absolute Gasteiger partial charge is 0.377 e. The van der Waals surface area contributed by atoms with Crippen molar-refractivity contribution in [3.8, 4) is 0 Å². The van der Waals surface area contributed by atoms with Gasteiger partial charge in [0, 0.05) is 12.6 Å². The number of nitrogens with one attached hydrogen (secondary N) is 1. The first-order chi connectivity index (χ1) is 7.70. The van der Waals surface area contributed by atoms with Gasteiger partial charge in [0.2, 0.25) is 0 Å². The molecule has 1 rings (SSSR count). The molecule has 0 radical (unpaired) electrons. The molecule has 2 atom stereocenters. The summed E-state index contributed by atoms with van der Waals surface area (Å²) in [5, 5.41) is 3.51. The topological polar surface area (TPSA) is 21.3 Å². The van der Waals surface area contributed by atoms with E-state index in [2.05, 4.69) is 33.1 Å². The maximum atomic E-state index is 5.95. The van der Waals surface area contributed by atoms with Crippen LogP contribution >= 0.6 is 0 Å². The standard InChI is InChI=1S/C14H29NO/c1-5-16-14(11(2)3)13(15-4)12-9-7-6-8-10-12/h11-15H,5-10H2,1-4H3. The minimum Gasteiger partial charge on any atom is -0.377 e. The number of hydrogen-bond donors (Lipinski definition) is 1. The quantitative estimate of drug-likeness (QED) is 0.752. The molecule has 1 fully saturated rings. The third kappa shape index (κ3) is 3.74. The molecule has 1 aliphatic carbocycles. The van der Waals surface area contributed by atoms with Crippen molar-refractivity contribution in [1.82, 2.24) is 5.32 Å². The Balaban J connectivity index is 2.60. The van der Waals surface area contributed by atoms with E-state index >= 15 is 0 Å². The van der Waals surface area contributed by atoms with Crippen molar-refractivity contribution in [3.05, 3.63) is 0 Å². The molecule has 0 heterocycles. The van der Waals surface area contributed by atoms with E-state index in [0.717, 1.165) is 12.5 Å². The monoisotopic (exact) mass is 227 g/mol. The number of hydrogen-bond acceptors (Lipinski definition) is 2. The van der Waals surface area contributed by atoms with Crippen LogP contribution < -0.4 is 5.32 Å². The molecular formula is C14H29NO. The number of rotatable bonds is 6. The Hall–Kier alpha value is -0.0800. The van der Waals surface area contributed by atoms with E-state index in [0.29, 0.717) is 18.1 Å². The summed E-state index contributed by atoms with van der Waals surface area (Å²) in [6.07, 6.45) is 7.36. The fourth-order valence-electron chi connectivity index (χ4n) is 3.06. The highest BCUT2D eigenvalue weighted by atomic mass is 16.5. The molecule has 0 spiro atoms. The number of ether oxygens (including phenoxy) is 1. The molecule has 0 aromatic carbocycles. The Morgan fingerprint density at radius 2 is 1.81 bits per heavy atom. The summed E-state index contributed by atoms with van der Waals surface area (Å²) in [6.45, 7) is 7.47. The average molecular weight is 227 g/mol. The Morgan fingerprint density at radius 1 is 1.19 bits per heavy atom. The van der Waals surface area contributed by atoms with Crippen LogP contribution in [0.5, 0.6) is 0 Å². The summed E-state index contributed by atoms with van der Waals surface area (Å²) in [5.74, 6) is 1.41. The van der Waals surface area contributed by atoms with E-state index in [1.165, 1.54) is 32.1 Å². The second-order valence-corrected chi connectivity index (χ2v) is 5.38. The molecule has 0 bridgehead atoms. The molecule has 2 heteroatoms. The molecule has 1 saturated carbocycles. The van der Waals surface area contributed by atoms with Gasteiger partial charge in [-0.05, 0) is 38.6 Å². The summed E-state index contributed by atoms with van der Waals surface area (Å²) in [6, 6.07) is 0.542. The SMILES string of the molecule is CCOC(C(C)C)C(NC)C1CCCCC1. The molecule has 1 N–H and O–H groups in total. The first-order valence-electron chi connectivity index (χ1n) is 6.99. The lowest BCUT2D eigenvalue weighted by Crippen LogP contribution is -2.48. The first kappa shape index (κ1) is 14.0. The third-order valence-electron chi connectivity index (χ3n) is 3.86. The predicted molar refractivity (Wildman–Crippen MR) is 69.7 cm³/mol. The molecule has 96 valence electrons. The fraction of sp³-hybridized carbons (Fsp3) is 1.00. The molecule has 2 nitrogen and oxygen atoms in total. The third-order valence-corrected chi connectivity index (χ3v) is 3.86. The zero-order valence-corrected chi connectivity index (χ0v) is 11.5. The van der Waals surface area contributed by atoms with Crippen LogP contribution in [-0.4, -0.2) is 25.8 Å². The van der Waals surface area contributed by atoms with Gasteiger partial charge in [0.05, 0.1) is 6.10 Å². The predicted octanol–water partition coefficient (Wildman–Crippen LogP) is 3.22. The van der Waals surface area contributed by atoms with Crippen molar-refractivity contribution < 1.29 is 4.74 Å². The minimum atomic E-state index is 0.373. The van der Waals surface area contributed by atoms with E-state index in [4.69, 9.17) is 4.74 Å². The lowest BCUT2D eigenvalue weighted by Gasteiger charge is -2.37. The van der Waals surface area contributed by atoms with Crippen LogP contribution in [0, 0.1) is 11.8 Å². The van der Waals surface area contributed by atoms with Gasteiger partial charge in [-0.15, -0.1) is 0 Å². The number of likely N-dealkylation sites (N-methyl/N-ethyl adjacent to an activating group) is 1. The molecule has 0 amide bonds. The van der Waals surface area contributed by atoms with Crippen molar-refractivity contribution >= 4 is 0 Å². The molecule has 1 aliphatic rings. The van der Waals surface area contributed by atoms with Gasteiger partial charge in [-0.1, -0.05) is 33.1 Å². The Bertz CT molecular complexity index is 176. The molecular weight excluding hydrogens is 198 g/mol. The minimum absolute atomic E-state index is 0.373. The van der Waals surface area contributed by atoms with Crippen LogP contribution in [0.25, 0.3) is 0 Å². The maximum absolute atomic E-state index is 5.95. The second-order valence-electron chi connectivity index (χ2n) is 5.38. The van der Waals surface area contributed by atoms with E-state index < -0.39 is 0 Å². The normalized spacial score (nSPS) is 22.3. The fourth-order valence-corrected chi connectivity index (χ4v) is 3.06. The van der Waals surface area contributed by atoms with Gasteiger partial charge in [-0.2, -0.15) is 0 Å². The van der Waals surface area contributed by atoms with Gasteiger partial charge in [0.25, 0.3) is 0 Å². The highest BCUT2D eigenvalue weighted by molar-refractivity contribution is 4.86. The maximum Gasteiger partial charge on any atom is 0.0753 e. The van der Waals surface area contributed by atoms with Crippen LogP contribution in [0.2, 0.25) is 0 Å². The summed E-state index contributed by atoms with van der Waals surface area (Å²) >= 11 is 0. The Morgan fingerprint density at radius 3 is 2.25 bits per heavy atom. The average Bonchev–Trinajstić information content (AvgIpc) is 2.30. The van der Waals surface area contributed by atoms with Crippen molar-refractivity contribution in [2.24, 2.45) is 11.8 Å². The molecule has 0 aromatic rings. The van der Waals surface area contributed by atoms with Crippen LogP contribution in [0.15, 0.2) is 0 Å². The molecule has 0 aromatic heterocycles. The molecule has 16 heavy (non-hydrogen) atoms. The highest BCUT2D eigenvalue weighted by Gasteiger charge is 2.31. The zero-order chi connectivity index (χ0) is 12.0.